The van der Waals surface area contributed by atoms with Crippen molar-refractivity contribution in [3.05, 3.63) is 82.4 Å². The van der Waals surface area contributed by atoms with Crippen LogP contribution < -0.4 is 29.6 Å². The molecule has 0 bridgehead atoms. The maximum atomic E-state index is 12.8. The zero-order chi connectivity index (χ0) is 39.2. The van der Waals surface area contributed by atoms with Gasteiger partial charge in [0.05, 0.1) is 41.5 Å². The second kappa shape index (κ2) is 17.5. The molecule has 5 atom stereocenters. The first kappa shape index (κ1) is 40.2. The SMILES string of the molecule is CCN1CCc2cc(OC)c(OC)cc2C1[C@H]1C[C@H](CCNC(=O)OCc2ccccc2)CC[C@]12c1cc(OC)c(OC)cc1CC[N+]2(CC)CNC(C)=O. The van der Waals surface area contributed by atoms with E-state index in [1.165, 1.54) is 22.3 Å². The third-order valence-corrected chi connectivity index (χ3v) is 12.9. The van der Waals surface area contributed by atoms with Crippen LogP contribution >= 0.6 is 0 Å². The minimum atomic E-state index is -0.397. The van der Waals surface area contributed by atoms with Gasteiger partial charge >= 0.3 is 6.09 Å². The lowest BCUT2D eigenvalue weighted by atomic mass is 9.57. The normalized spacial score (nSPS) is 24.6. The van der Waals surface area contributed by atoms with Crippen molar-refractivity contribution in [1.82, 2.24) is 15.5 Å². The Labute approximate surface area is 327 Å². The predicted octanol–water partition coefficient (Wildman–Crippen LogP) is 6.75. The molecule has 2 heterocycles. The van der Waals surface area contributed by atoms with Crippen LogP contribution in [0.5, 0.6) is 23.0 Å². The van der Waals surface area contributed by atoms with Crippen LogP contribution in [0.1, 0.15) is 80.3 Å². The van der Waals surface area contributed by atoms with Crippen LogP contribution in [0.15, 0.2) is 54.6 Å². The number of nitrogens with one attached hydrogen (secondary N) is 2. The van der Waals surface area contributed by atoms with E-state index in [9.17, 15) is 9.59 Å². The van der Waals surface area contributed by atoms with E-state index >= 15 is 0 Å². The number of hydrogen-bond donors (Lipinski definition) is 2. The summed E-state index contributed by atoms with van der Waals surface area (Å²) in [6, 6.07) is 18.6. The summed E-state index contributed by atoms with van der Waals surface area (Å²) in [5.74, 6) is 3.38. The molecule has 1 saturated carbocycles. The van der Waals surface area contributed by atoms with E-state index in [-0.39, 0.29) is 30.0 Å². The Hall–Kier alpha value is -4.48. The fourth-order valence-corrected chi connectivity index (χ4v) is 10.2. The summed E-state index contributed by atoms with van der Waals surface area (Å²) in [6.45, 7) is 11.0. The molecule has 1 aliphatic carbocycles. The summed E-state index contributed by atoms with van der Waals surface area (Å²) in [6.07, 6.45) is 5.03. The Morgan fingerprint density at radius 3 is 2.20 bits per heavy atom. The van der Waals surface area contributed by atoms with Gasteiger partial charge in [-0.2, -0.15) is 0 Å². The van der Waals surface area contributed by atoms with Gasteiger partial charge in [0.2, 0.25) is 5.91 Å². The number of quaternary nitrogens is 1. The molecule has 11 nitrogen and oxygen atoms in total. The molecule has 0 saturated heterocycles. The van der Waals surface area contributed by atoms with E-state index in [4.69, 9.17) is 23.7 Å². The molecule has 3 aliphatic rings. The molecule has 55 heavy (non-hydrogen) atoms. The quantitative estimate of drug-likeness (QED) is 0.174. The first-order valence-electron chi connectivity index (χ1n) is 20.0. The number of benzene rings is 3. The number of rotatable bonds is 14. The number of likely N-dealkylation sites (N-methyl/N-ethyl adjacent to an activating group) is 2. The second-order valence-electron chi connectivity index (χ2n) is 15.4. The third-order valence-electron chi connectivity index (χ3n) is 12.9. The van der Waals surface area contributed by atoms with Gasteiger partial charge in [0.15, 0.2) is 29.7 Å². The molecule has 1 spiro atoms. The molecular formula is C44H61N4O7+. The van der Waals surface area contributed by atoms with E-state index < -0.39 is 6.09 Å². The van der Waals surface area contributed by atoms with Crippen molar-refractivity contribution in [2.45, 2.75) is 77.5 Å². The second-order valence-corrected chi connectivity index (χ2v) is 15.4. The Kier molecular flexibility index (Phi) is 12.8. The minimum absolute atomic E-state index is 0.0234. The van der Waals surface area contributed by atoms with Gasteiger partial charge in [-0.3, -0.25) is 14.2 Å². The number of carbonyl (C=O) groups is 2. The van der Waals surface area contributed by atoms with Gasteiger partial charge in [0.1, 0.15) is 12.1 Å². The highest BCUT2D eigenvalue weighted by molar-refractivity contribution is 5.72. The molecular weight excluding hydrogens is 697 g/mol. The lowest BCUT2D eigenvalue weighted by Gasteiger charge is -2.63. The fourth-order valence-electron chi connectivity index (χ4n) is 10.2. The van der Waals surface area contributed by atoms with Crippen LogP contribution in [-0.2, 0) is 34.5 Å². The summed E-state index contributed by atoms with van der Waals surface area (Å²) < 4.78 is 29.9. The number of nitrogens with zero attached hydrogens (tertiary/aromatic N) is 2. The summed E-state index contributed by atoms with van der Waals surface area (Å²) >= 11 is 0. The summed E-state index contributed by atoms with van der Waals surface area (Å²) in [7, 11) is 6.82. The van der Waals surface area contributed by atoms with E-state index in [1.54, 1.807) is 35.4 Å². The fraction of sp³-hybridized carbons (Fsp3) is 0.545. The number of fused-ring (bicyclic) bond motifs is 3. The van der Waals surface area contributed by atoms with Crippen molar-refractivity contribution in [3.63, 3.8) is 0 Å². The van der Waals surface area contributed by atoms with Gasteiger partial charge in [0, 0.05) is 50.4 Å². The summed E-state index contributed by atoms with van der Waals surface area (Å²) in [4.78, 5) is 28.2. The van der Waals surface area contributed by atoms with Crippen LogP contribution in [-0.4, -0.2) is 89.2 Å². The summed E-state index contributed by atoms with van der Waals surface area (Å²) in [5.41, 5.74) is 5.70. The molecule has 1 fully saturated rings. The highest BCUT2D eigenvalue weighted by Crippen LogP contribution is 2.61. The molecule has 2 unspecified atom stereocenters. The molecule has 6 rings (SSSR count). The zero-order valence-corrected chi connectivity index (χ0v) is 33.9. The van der Waals surface area contributed by atoms with E-state index in [0.717, 1.165) is 97.7 Å². The third kappa shape index (κ3) is 7.83. The molecule has 298 valence electrons. The van der Waals surface area contributed by atoms with Crippen molar-refractivity contribution in [1.29, 1.82) is 0 Å². The highest BCUT2D eigenvalue weighted by atomic mass is 16.5. The van der Waals surface area contributed by atoms with E-state index in [2.05, 4.69) is 53.6 Å². The van der Waals surface area contributed by atoms with Gasteiger partial charge in [0.25, 0.3) is 0 Å². The highest BCUT2D eigenvalue weighted by Gasteiger charge is 2.63. The van der Waals surface area contributed by atoms with Gasteiger partial charge in [-0.15, -0.1) is 0 Å². The number of hydrogen-bond acceptors (Lipinski definition) is 8. The van der Waals surface area contributed by atoms with Crippen molar-refractivity contribution in [2.75, 3.05) is 67.8 Å². The standard InChI is InChI=1S/C44H60N4O7/c1-8-47-21-17-33-24-38(51-4)40(53-6)26-35(33)42(47)37-23-31(16-20-45-43(50)55-28-32-13-11-10-12-14-32)15-19-44(37)36-27-41(54-7)39(52-5)25-34(36)18-22-48(44,9-2)29-46-30(3)49/h10-14,24-27,31,37,42H,8-9,15-23,28-29H2,1-7H3,(H-,45,46,49,50)/p+1/t31-,37+,42?,44-,48?/m0/s1. The molecule has 11 heteroatoms. The molecule has 0 radical (unpaired) electrons. The lowest BCUT2D eigenvalue weighted by molar-refractivity contribution is -0.993. The van der Waals surface area contributed by atoms with Crippen LogP contribution in [0.3, 0.4) is 0 Å². The Balaban J connectivity index is 1.46. The first-order valence-corrected chi connectivity index (χ1v) is 20.0. The lowest BCUT2D eigenvalue weighted by Crippen LogP contribution is -2.73. The Morgan fingerprint density at radius 1 is 0.873 bits per heavy atom. The van der Waals surface area contributed by atoms with E-state index in [0.29, 0.717) is 19.1 Å². The van der Waals surface area contributed by atoms with E-state index in [1.807, 2.05) is 30.3 Å². The molecule has 3 aromatic rings. The van der Waals surface area contributed by atoms with Crippen LogP contribution in [0.2, 0.25) is 0 Å². The van der Waals surface area contributed by atoms with Crippen molar-refractivity contribution < 1.29 is 37.8 Å². The average molecular weight is 758 g/mol. The van der Waals surface area contributed by atoms with Crippen molar-refractivity contribution in [3.8, 4) is 23.0 Å². The number of carbonyl (C=O) groups excluding carboxylic acids is 2. The maximum Gasteiger partial charge on any atom is 0.407 e. The number of ether oxygens (including phenoxy) is 5. The van der Waals surface area contributed by atoms with Crippen molar-refractivity contribution in [2.24, 2.45) is 11.8 Å². The predicted molar refractivity (Wildman–Crippen MR) is 213 cm³/mol. The van der Waals surface area contributed by atoms with Gasteiger partial charge in [-0.25, -0.2) is 4.79 Å². The average Bonchev–Trinajstić information content (AvgIpc) is 3.22. The molecule has 2 amide bonds. The van der Waals surface area contributed by atoms with Gasteiger partial charge < -0.3 is 34.3 Å². The molecule has 2 aliphatic heterocycles. The van der Waals surface area contributed by atoms with Crippen molar-refractivity contribution >= 4 is 12.0 Å². The molecule has 3 aromatic carbocycles. The summed E-state index contributed by atoms with van der Waals surface area (Å²) in [5, 5.41) is 6.36. The largest absolute Gasteiger partial charge is 0.493 e. The van der Waals surface area contributed by atoms with Crippen LogP contribution in [0.25, 0.3) is 0 Å². The Bertz CT molecular complexity index is 1800. The Morgan fingerprint density at radius 2 is 1.55 bits per heavy atom. The number of alkyl carbamates (subject to hydrolysis) is 1. The number of methoxy groups -OCH3 is 4. The maximum absolute atomic E-state index is 12.8. The monoisotopic (exact) mass is 757 g/mol. The van der Waals surface area contributed by atoms with Crippen LogP contribution in [0.4, 0.5) is 4.79 Å². The van der Waals surface area contributed by atoms with Gasteiger partial charge in [-0.1, -0.05) is 37.3 Å². The number of amides is 2. The van der Waals surface area contributed by atoms with Crippen LogP contribution in [0, 0.1) is 11.8 Å². The molecule has 2 N–H and O–H groups in total. The van der Waals surface area contributed by atoms with Gasteiger partial charge in [-0.05, 0) is 91.6 Å². The topological polar surface area (TPSA) is 108 Å². The molecule has 0 aromatic heterocycles. The smallest absolute Gasteiger partial charge is 0.407 e. The zero-order valence-electron chi connectivity index (χ0n) is 33.9. The first-order chi connectivity index (χ1) is 26.7. The minimum Gasteiger partial charge on any atom is -0.493 e.